The van der Waals surface area contributed by atoms with E-state index in [4.69, 9.17) is 0 Å². The zero-order valence-electron chi connectivity index (χ0n) is 34.5. The van der Waals surface area contributed by atoms with E-state index in [1.165, 1.54) is 0 Å². The number of carboxylic acids is 4. The fraction of sp³-hybridized carbons (Fsp3) is 0.476. The van der Waals surface area contributed by atoms with Crippen molar-refractivity contribution in [2.45, 2.75) is 113 Å². The van der Waals surface area contributed by atoms with E-state index in [0.717, 1.165) is 39.0 Å². The van der Waals surface area contributed by atoms with Crippen molar-refractivity contribution in [1.29, 1.82) is 0 Å². The van der Waals surface area contributed by atoms with Crippen molar-refractivity contribution in [2.24, 2.45) is 5.92 Å². The van der Waals surface area contributed by atoms with E-state index in [2.05, 4.69) is 44.5 Å². The number of hydrogen-bond donors (Lipinski definition) is 11. The normalized spacial score (nSPS) is 15.5. The quantitative estimate of drug-likeness (QED) is 0.0607. The van der Waals surface area contributed by atoms with Crippen LogP contribution in [0.4, 0.5) is 0 Å². The summed E-state index contributed by atoms with van der Waals surface area (Å²) in [6, 6.07) is 6.62. The Morgan fingerprint density at radius 1 is 0.556 bits per heavy atom. The minimum atomic E-state index is -1.96. The van der Waals surface area contributed by atoms with Crippen LogP contribution in [0, 0.1) is 5.92 Å². The standard InChI is InChI=1S/C42H54N6O14S/c1-23(49)43-29(20-33(52)53)39(58)46-30(21-34(54)55)40(59)48-36(35(25-13-7-3-8-14-25)26-15-9-4-10-16-26)41(60)44-27(17-18-32(50)51)37(56)45-28(19-24-11-5-2-6-12-24)38(57)47-31(22-63)42(61)62/h3-4,7-10,13-16,24,27-31,35-36,63H,2,5-6,11-12,17-22H2,1H3,(H,43,49)(H,44,60)(H,45,56)(H,46,58)(H,47,57)(H,48,59)(H,50,51)(H,52,53)(H,54,55)(H,61,62)/t27-,28-,29-,30-,31-,36-/m0/s1. The molecule has 1 fully saturated rings. The molecule has 6 atom stereocenters. The molecular weight excluding hydrogens is 845 g/mol. The van der Waals surface area contributed by atoms with Crippen LogP contribution in [-0.4, -0.2) is 122 Å². The van der Waals surface area contributed by atoms with E-state index in [0.29, 0.717) is 11.1 Å². The Kier molecular flexibility index (Phi) is 20.5. The number of hydrogen-bond acceptors (Lipinski definition) is 11. The second kappa shape index (κ2) is 25.4. The summed E-state index contributed by atoms with van der Waals surface area (Å²) in [5.41, 5.74) is 0.867. The summed E-state index contributed by atoms with van der Waals surface area (Å²) in [7, 11) is 0. The maximum absolute atomic E-state index is 14.7. The molecule has 342 valence electrons. The van der Waals surface area contributed by atoms with Crippen LogP contribution in [0.2, 0.25) is 0 Å². The number of nitrogens with one attached hydrogen (secondary N) is 6. The van der Waals surface area contributed by atoms with Crippen LogP contribution >= 0.6 is 12.6 Å². The van der Waals surface area contributed by atoms with Crippen molar-refractivity contribution in [3.05, 3.63) is 71.8 Å². The molecular formula is C42H54N6O14S. The molecule has 20 nitrogen and oxygen atoms in total. The first-order chi connectivity index (χ1) is 29.9. The largest absolute Gasteiger partial charge is 0.481 e. The van der Waals surface area contributed by atoms with Gasteiger partial charge in [0.1, 0.15) is 36.3 Å². The molecule has 1 aliphatic carbocycles. The van der Waals surface area contributed by atoms with Gasteiger partial charge in [-0.3, -0.25) is 43.2 Å². The number of thiol groups is 1. The summed E-state index contributed by atoms with van der Waals surface area (Å²) < 4.78 is 0. The lowest BCUT2D eigenvalue weighted by atomic mass is 9.84. The summed E-state index contributed by atoms with van der Waals surface area (Å²) in [6.45, 7) is 1.01. The molecule has 6 amide bonds. The number of aliphatic carboxylic acids is 4. The summed E-state index contributed by atoms with van der Waals surface area (Å²) >= 11 is 4.00. The molecule has 1 aliphatic rings. The zero-order chi connectivity index (χ0) is 46.6. The summed E-state index contributed by atoms with van der Waals surface area (Å²) in [5, 5.41) is 52.5. The number of carbonyl (C=O) groups is 10. The van der Waals surface area contributed by atoms with Gasteiger partial charge in [0.2, 0.25) is 35.4 Å². The van der Waals surface area contributed by atoms with Crippen molar-refractivity contribution in [2.75, 3.05) is 5.75 Å². The van der Waals surface area contributed by atoms with Crippen molar-refractivity contribution in [3.63, 3.8) is 0 Å². The molecule has 0 radical (unpaired) electrons. The van der Waals surface area contributed by atoms with Crippen LogP contribution < -0.4 is 31.9 Å². The number of carbonyl (C=O) groups excluding carboxylic acids is 6. The molecule has 10 N–H and O–H groups in total. The molecule has 0 bridgehead atoms. The fourth-order valence-corrected chi connectivity index (χ4v) is 7.50. The van der Waals surface area contributed by atoms with E-state index in [-0.39, 0.29) is 18.1 Å². The van der Waals surface area contributed by atoms with Crippen LogP contribution in [0.5, 0.6) is 0 Å². The van der Waals surface area contributed by atoms with Gasteiger partial charge in [-0.05, 0) is 29.9 Å². The first-order valence-electron chi connectivity index (χ1n) is 20.3. The first kappa shape index (κ1) is 50.8. The third-order valence-electron chi connectivity index (χ3n) is 10.3. The third kappa shape index (κ3) is 17.1. The van der Waals surface area contributed by atoms with Crippen LogP contribution in [0.25, 0.3) is 0 Å². The Hall–Kier alpha value is -6.51. The Balaban J connectivity index is 2.09. The van der Waals surface area contributed by atoms with Crippen LogP contribution in [-0.2, 0) is 47.9 Å². The molecule has 21 heteroatoms. The topological polar surface area (TPSA) is 324 Å². The van der Waals surface area contributed by atoms with Crippen LogP contribution in [0.3, 0.4) is 0 Å². The van der Waals surface area contributed by atoms with E-state index in [1.54, 1.807) is 60.7 Å². The molecule has 3 rings (SSSR count). The minimum Gasteiger partial charge on any atom is -0.481 e. The van der Waals surface area contributed by atoms with Crippen molar-refractivity contribution >= 4 is 71.9 Å². The van der Waals surface area contributed by atoms with Gasteiger partial charge in [-0.2, -0.15) is 12.6 Å². The molecule has 0 heterocycles. The summed E-state index contributed by atoms with van der Waals surface area (Å²) in [4.78, 5) is 129. The fourth-order valence-electron chi connectivity index (χ4n) is 7.25. The van der Waals surface area contributed by atoms with Gasteiger partial charge in [-0.15, -0.1) is 0 Å². The monoisotopic (exact) mass is 898 g/mol. The highest BCUT2D eigenvalue weighted by molar-refractivity contribution is 7.80. The van der Waals surface area contributed by atoms with E-state index < -0.39 is 127 Å². The molecule has 0 aliphatic heterocycles. The van der Waals surface area contributed by atoms with Gasteiger partial charge in [-0.1, -0.05) is 92.8 Å². The van der Waals surface area contributed by atoms with Crippen LogP contribution in [0.15, 0.2) is 60.7 Å². The SMILES string of the molecule is CC(=O)N[C@@H](CC(=O)O)C(=O)N[C@@H](CC(=O)O)C(=O)N[C@H](C(=O)N[C@@H](CCC(=O)O)C(=O)N[C@@H](CC1CCCCC1)C(=O)N[C@@H](CS)C(=O)O)C(c1ccccc1)c1ccccc1. The summed E-state index contributed by atoms with van der Waals surface area (Å²) in [6.07, 6.45) is 1.08. The zero-order valence-corrected chi connectivity index (χ0v) is 35.4. The Bertz CT molecular complexity index is 1890. The highest BCUT2D eigenvalue weighted by Gasteiger charge is 2.39. The molecule has 0 unspecified atom stereocenters. The number of rotatable bonds is 25. The molecule has 0 aromatic heterocycles. The van der Waals surface area contributed by atoms with Crippen molar-refractivity contribution in [3.8, 4) is 0 Å². The molecule has 1 saturated carbocycles. The predicted octanol–water partition coefficient (Wildman–Crippen LogP) is 0.546. The van der Waals surface area contributed by atoms with Crippen LogP contribution in [0.1, 0.15) is 88.2 Å². The smallest absolute Gasteiger partial charge is 0.327 e. The van der Waals surface area contributed by atoms with Gasteiger partial charge in [0.05, 0.1) is 12.8 Å². The van der Waals surface area contributed by atoms with Gasteiger partial charge in [0.25, 0.3) is 0 Å². The predicted molar refractivity (Wildman–Crippen MR) is 226 cm³/mol. The number of amides is 6. The van der Waals surface area contributed by atoms with Gasteiger partial charge in [0.15, 0.2) is 0 Å². The molecule has 2 aromatic rings. The van der Waals surface area contributed by atoms with Gasteiger partial charge < -0.3 is 52.3 Å². The molecule has 2 aromatic carbocycles. The Labute approximate surface area is 368 Å². The lowest BCUT2D eigenvalue weighted by Gasteiger charge is -2.32. The lowest BCUT2D eigenvalue weighted by molar-refractivity contribution is -0.143. The van der Waals surface area contributed by atoms with Gasteiger partial charge in [-0.25, -0.2) is 4.79 Å². The maximum atomic E-state index is 14.7. The summed E-state index contributed by atoms with van der Waals surface area (Å²) in [5.74, 6) is -13.4. The highest BCUT2D eigenvalue weighted by Crippen LogP contribution is 2.30. The van der Waals surface area contributed by atoms with Gasteiger partial charge in [0, 0.05) is 25.0 Å². The highest BCUT2D eigenvalue weighted by atomic mass is 32.1. The second-order valence-corrected chi connectivity index (χ2v) is 15.5. The lowest BCUT2D eigenvalue weighted by Crippen LogP contribution is -2.61. The van der Waals surface area contributed by atoms with Gasteiger partial charge >= 0.3 is 23.9 Å². The average Bonchev–Trinajstić information content (AvgIpc) is 3.23. The number of benzene rings is 2. The van der Waals surface area contributed by atoms with E-state index >= 15 is 0 Å². The molecule has 0 saturated heterocycles. The molecule has 0 spiro atoms. The maximum Gasteiger partial charge on any atom is 0.327 e. The first-order valence-corrected chi connectivity index (χ1v) is 20.9. The number of carboxylic acid groups (broad SMARTS) is 4. The molecule has 63 heavy (non-hydrogen) atoms. The van der Waals surface area contributed by atoms with Crippen molar-refractivity contribution in [1.82, 2.24) is 31.9 Å². The Morgan fingerprint density at radius 2 is 1.00 bits per heavy atom. The van der Waals surface area contributed by atoms with Crippen molar-refractivity contribution < 1.29 is 68.4 Å². The third-order valence-corrected chi connectivity index (χ3v) is 10.7. The van der Waals surface area contributed by atoms with E-state index in [1.807, 2.05) is 0 Å². The second-order valence-electron chi connectivity index (χ2n) is 15.2. The van der Waals surface area contributed by atoms with E-state index in [9.17, 15) is 68.4 Å². The average molecular weight is 899 g/mol. The minimum absolute atomic E-state index is 0.0323. The Morgan fingerprint density at radius 3 is 1.48 bits per heavy atom.